The molecule has 0 saturated heterocycles. The van der Waals surface area contributed by atoms with E-state index in [1.807, 2.05) is 0 Å². The van der Waals surface area contributed by atoms with Crippen molar-refractivity contribution in [2.24, 2.45) is 0 Å². The van der Waals surface area contributed by atoms with Crippen LogP contribution in [0.15, 0.2) is 42.1 Å². The standard InChI is InChI=1S/C17H29NSi/c1-5-10-17(13-9-14-19(2,3)4)18-15-16-11-7-6-8-12-16/h6-9,11-12,14,17-18H,5,10,13,15H2,1-4H3/b14-9+. The van der Waals surface area contributed by atoms with Gasteiger partial charge in [-0.15, -0.1) is 0 Å². The molecule has 2 heteroatoms. The smallest absolute Gasteiger partial charge is 0.0682 e. The number of rotatable bonds is 8. The van der Waals surface area contributed by atoms with Crippen molar-refractivity contribution in [1.29, 1.82) is 0 Å². The highest BCUT2D eigenvalue weighted by Crippen LogP contribution is 2.08. The third-order valence-electron chi connectivity index (χ3n) is 3.11. The Morgan fingerprint density at radius 3 is 2.42 bits per heavy atom. The minimum atomic E-state index is -1.04. The molecule has 0 aliphatic rings. The number of nitrogens with one attached hydrogen (secondary N) is 1. The van der Waals surface area contributed by atoms with Crippen LogP contribution < -0.4 is 5.32 Å². The van der Waals surface area contributed by atoms with E-state index in [2.05, 4.69) is 74.0 Å². The minimum Gasteiger partial charge on any atom is -0.310 e. The maximum Gasteiger partial charge on any atom is 0.0682 e. The van der Waals surface area contributed by atoms with Gasteiger partial charge in [-0.3, -0.25) is 0 Å². The van der Waals surface area contributed by atoms with Crippen molar-refractivity contribution >= 4 is 8.07 Å². The SMILES string of the molecule is CCCC(C/C=C/[Si](C)(C)C)NCc1ccccc1. The van der Waals surface area contributed by atoms with Gasteiger partial charge < -0.3 is 5.32 Å². The van der Waals surface area contributed by atoms with Crippen molar-refractivity contribution < 1.29 is 0 Å². The fourth-order valence-corrected chi connectivity index (χ4v) is 2.94. The molecule has 0 amide bonds. The number of benzene rings is 1. The van der Waals surface area contributed by atoms with E-state index in [-0.39, 0.29) is 0 Å². The lowest BCUT2D eigenvalue weighted by molar-refractivity contribution is 0.478. The zero-order valence-corrected chi connectivity index (χ0v) is 13.9. The van der Waals surface area contributed by atoms with E-state index in [0.29, 0.717) is 6.04 Å². The molecule has 0 saturated carbocycles. The second-order valence-electron chi connectivity index (χ2n) is 6.36. The van der Waals surface area contributed by atoms with E-state index < -0.39 is 8.07 Å². The van der Waals surface area contributed by atoms with Gasteiger partial charge in [-0.1, -0.05) is 75.1 Å². The van der Waals surface area contributed by atoms with Gasteiger partial charge in [0.05, 0.1) is 8.07 Å². The first-order chi connectivity index (χ1) is 9.01. The fraction of sp³-hybridized carbons (Fsp3) is 0.529. The van der Waals surface area contributed by atoms with Gasteiger partial charge in [0.25, 0.3) is 0 Å². The Morgan fingerprint density at radius 2 is 1.84 bits per heavy atom. The van der Waals surface area contributed by atoms with Crippen LogP contribution in [0, 0.1) is 0 Å². The molecule has 0 heterocycles. The molecular formula is C17H29NSi. The van der Waals surface area contributed by atoms with Gasteiger partial charge in [0.15, 0.2) is 0 Å². The molecule has 0 spiro atoms. The predicted molar refractivity (Wildman–Crippen MR) is 89.1 cm³/mol. The predicted octanol–water partition coefficient (Wildman–Crippen LogP) is 4.77. The largest absolute Gasteiger partial charge is 0.310 e. The highest BCUT2D eigenvalue weighted by molar-refractivity contribution is 6.80. The first kappa shape index (κ1) is 16.2. The van der Waals surface area contributed by atoms with Crippen molar-refractivity contribution in [2.45, 2.75) is 58.4 Å². The van der Waals surface area contributed by atoms with Crippen LogP contribution in [0.25, 0.3) is 0 Å². The van der Waals surface area contributed by atoms with E-state index in [1.54, 1.807) is 0 Å². The molecule has 1 rings (SSSR count). The molecule has 1 atom stereocenters. The van der Waals surface area contributed by atoms with Crippen LogP contribution in [-0.2, 0) is 6.54 Å². The summed E-state index contributed by atoms with van der Waals surface area (Å²) in [6.45, 7) is 10.4. The summed E-state index contributed by atoms with van der Waals surface area (Å²) in [5.74, 6) is 0. The Bertz CT molecular complexity index is 365. The van der Waals surface area contributed by atoms with Gasteiger partial charge >= 0.3 is 0 Å². The third kappa shape index (κ3) is 8.01. The summed E-state index contributed by atoms with van der Waals surface area (Å²) in [6, 6.07) is 11.3. The topological polar surface area (TPSA) is 12.0 Å². The third-order valence-corrected chi connectivity index (χ3v) is 4.35. The number of hydrogen-bond acceptors (Lipinski definition) is 1. The van der Waals surface area contributed by atoms with Crippen LogP contribution in [0.1, 0.15) is 31.7 Å². The first-order valence-electron chi connectivity index (χ1n) is 7.46. The molecule has 0 aromatic heterocycles. The Hall–Kier alpha value is -0.863. The summed E-state index contributed by atoms with van der Waals surface area (Å²) >= 11 is 0. The summed E-state index contributed by atoms with van der Waals surface area (Å²) in [7, 11) is -1.04. The van der Waals surface area contributed by atoms with E-state index in [1.165, 1.54) is 18.4 Å². The summed E-state index contributed by atoms with van der Waals surface area (Å²) in [4.78, 5) is 0. The van der Waals surface area contributed by atoms with Crippen LogP contribution in [0.2, 0.25) is 19.6 Å². The summed E-state index contributed by atoms with van der Waals surface area (Å²) in [5, 5.41) is 3.69. The first-order valence-corrected chi connectivity index (χ1v) is 11.0. The van der Waals surface area contributed by atoms with Gasteiger partial charge in [0.2, 0.25) is 0 Å². The Kier molecular flexibility index (Phi) is 7.10. The molecule has 1 unspecified atom stereocenters. The number of hydrogen-bond donors (Lipinski definition) is 1. The van der Waals surface area contributed by atoms with Crippen molar-refractivity contribution in [2.75, 3.05) is 0 Å². The lowest BCUT2D eigenvalue weighted by atomic mass is 10.1. The molecule has 1 nitrogen and oxygen atoms in total. The van der Waals surface area contributed by atoms with Crippen LogP contribution in [-0.4, -0.2) is 14.1 Å². The minimum absolute atomic E-state index is 0.609. The van der Waals surface area contributed by atoms with Crippen molar-refractivity contribution in [3.05, 3.63) is 47.7 Å². The normalized spacial score (nSPS) is 13.9. The van der Waals surface area contributed by atoms with E-state index in [9.17, 15) is 0 Å². The Balaban J connectivity index is 2.42. The Morgan fingerprint density at radius 1 is 1.16 bits per heavy atom. The maximum absolute atomic E-state index is 3.69. The van der Waals surface area contributed by atoms with E-state index in [0.717, 1.165) is 13.0 Å². The molecule has 0 aliphatic carbocycles. The van der Waals surface area contributed by atoms with Crippen molar-refractivity contribution in [3.8, 4) is 0 Å². The van der Waals surface area contributed by atoms with Gasteiger partial charge in [-0.2, -0.15) is 0 Å². The molecule has 0 radical (unpaired) electrons. The molecule has 1 aromatic carbocycles. The van der Waals surface area contributed by atoms with Gasteiger partial charge in [0.1, 0.15) is 0 Å². The monoisotopic (exact) mass is 275 g/mol. The molecule has 0 aliphatic heterocycles. The summed E-state index contributed by atoms with van der Waals surface area (Å²) < 4.78 is 0. The average molecular weight is 276 g/mol. The second-order valence-corrected chi connectivity index (χ2v) is 11.4. The van der Waals surface area contributed by atoms with Crippen LogP contribution in [0.4, 0.5) is 0 Å². The highest BCUT2D eigenvalue weighted by atomic mass is 28.3. The van der Waals surface area contributed by atoms with Gasteiger partial charge in [0, 0.05) is 12.6 Å². The van der Waals surface area contributed by atoms with Gasteiger partial charge in [-0.25, -0.2) is 0 Å². The molecule has 0 fully saturated rings. The zero-order chi connectivity index (χ0) is 14.1. The molecule has 19 heavy (non-hydrogen) atoms. The average Bonchev–Trinajstić information content (AvgIpc) is 2.36. The Labute approximate surface area is 120 Å². The highest BCUT2D eigenvalue weighted by Gasteiger charge is 2.09. The molecule has 0 bridgehead atoms. The van der Waals surface area contributed by atoms with E-state index in [4.69, 9.17) is 0 Å². The molecular weight excluding hydrogens is 246 g/mol. The lowest BCUT2D eigenvalue weighted by Crippen LogP contribution is -2.28. The summed E-state index contributed by atoms with van der Waals surface area (Å²) in [6.07, 6.45) is 6.05. The van der Waals surface area contributed by atoms with E-state index >= 15 is 0 Å². The molecule has 106 valence electrons. The maximum atomic E-state index is 3.69. The summed E-state index contributed by atoms with van der Waals surface area (Å²) in [5.41, 5.74) is 3.83. The van der Waals surface area contributed by atoms with Crippen LogP contribution >= 0.6 is 0 Å². The van der Waals surface area contributed by atoms with Crippen molar-refractivity contribution in [3.63, 3.8) is 0 Å². The lowest BCUT2D eigenvalue weighted by Gasteiger charge is -2.17. The zero-order valence-electron chi connectivity index (χ0n) is 12.9. The van der Waals surface area contributed by atoms with Crippen LogP contribution in [0.5, 0.6) is 0 Å². The molecule has 1 N–H and O–H groups in total. The van der Waals surface area contributed by atoms with Gasteiger partial charge in [-0.05, 0) is 18.4 Å². The van der Waals surface area contributed by atoms with Crippen molar-refractivity contribution in [1.82, 2.24) is 5.32 Å². The fourth-order valence-electron chi connectivity index (χ4n) is 2.10. The van der Waals surface area contributed by atoms with Crippen LogP contribution in [0.3, 0.4) is 0 Å². The quantitative estimate of drug-likeness (QED) is 0.674. The molecule has 1 aromatic rings. The second kappa shape index (κ2) is 8.34.